The van der Waals surface area contributed by atoms with Crippen LogP contribution in [-0.4, -0.2) is 42.1 Å². The Kier molecular flexibility index (Phi) is 7.95. The lowest BCUT2D eigenvalue weighted by Crippen LogP contribution is -2.41. The Morgan fingerprint density at radius 3 is 2.52 bits per heavy atom. The molecule has 0 aromatic heterocycles. The highest BCUT2D eigenvalue weighted by atomic mass is 35.5. The standard InChI is InChI=1S/C17H25FN2O2.ClH/c1-12(2)10-20(17(22)14-7-8-19-9-14)11-16(21)13-3-5-15(18)6-4-13;/h3-6,12,14,16,19,21H,7-11H2,1-2H3;1H. The number of nitrogens with zero attached hydrogens (tertiary/aromatic N) is 1. The van der Waals surface area contributed by atoms with E-state index in [1.54, 1.807) is 17.0 Å². The Hall–Kier alpha value is -1.17. The summed E-state index contributed by atoms with van der Waals surface area (Å²) in [5.41, 5.74) is 0.632. The number of nitrogens with one attached hydrogen (secondary N) is 1. The maximum atomic E-state index is 13.0. The quantitative estimate of drug-likeness (QED) is 0.833. The smallest absolute Gasteiger partial charge is 0.227 e. The van der Waals surface area contributed by atoms with Crippen LogP contribution in [0.25, 0.3) is 0 Å². The van der Waals surface area contributed by atoms with Crippen LogP contribution in [0.2, 0.25) is 0 Å². The van der Waals surface area contributed by atoms with Gasteiger partial charge in [-0.3, -0.25) is 4.79 Å². The second-order valence-electron chi connectivity index (χ2n) is 6.39. The minimum atomic E-state index is -0.794. The first-order valence-corrected chi connectivity index (χ1v) is 7.90. The van der Waals surface area contributed by atoms with Gasteiger partial charge in [0, 0.05) is 13.1 Å². The molecule has 0 saturated carbocycles. The lowest BCUT2D eigenvalue weighted by atomic mass is 10.0. The normalized spacial score (nSPS) is 18.6. The molecule has 2 N–H and O–H groups in total. The summed E-state index contributed by atoms with van der Waals surface area (Å²) in [7, 11) is 0. The van der Waals surface area contributed by atoms with Gasteiger partial charge in [-0.15, -0.1) is 12.4 Å². The molecule has 1 saturated heterocycles. The van der Waals surface area contributed by atoms with E-state index in [9.17, 15) is 14.3 Å². The number of carbonyl (C=O) groups is 1. The van der Waals surface area contributed by atoms with Gasteiger partial charge < -0.3 is 15.3 Å². The zero-order valence-electron chi connectivity index (χ0n) is 13.7. The lowest BCUT2D eigenvalue weighted by Gasteiger charge is -2.29. The molecular formula is C17H26ClFN2O2. The van der Waals surface area contributed by atoms with E-state index in [0.717, 1.165) is 13.0 Å². The van der Waals surface area contributed by atoms with E-state index in [2.05, 4.69) is 19.2 Å². The maximum Gasteiger partial charge on any atom is 0.227 e. The van der Waals surface area contributed by atoms with E-state index >= 15 is 0 Å². The molecule has 2 rings (SSSR count). The average Bonchev–Trinajstić information content (AvgIpc) is 3.00. The molecule has 1 heterocycles. The molecule has 1 fully saturated rings. The lowest BCUT2D eigenvalue weighted by molar-refractivity contribution is -0.137. The largest absolute Gasteiger partial charge is 0.387 e. The van der Waals surface area contributed by atoms with Crippen LogP contribution in [0.15, 0.2) is 24.3 Å². The van der Waals surface area contributed by atoms with E-state index in [0.29, 0.717) is 24.6 Å². The summed E-state index contributed by atoms with van der Waals surface area (Å²) in [6.07, 6.45) is 0.0535. The summed E-state index contributed by atoms with van der Waals surface area (Å²) in [4.78, 5) is 14.4. The van der Waals surface area contributed by atoms with Gasteiger partial charge in [0.2, 0.25) is 5.91 Å². The van der Waals surface area contributed by atoms with Crippen molar-refractivity contribution in [3.05, 3.63) is 35.6 Å². The van der Waals surface area contributed by atoms with E-state index < -0.39 is 6.10 Å². The van der Waals surface area contributed by atoms with Crippen molar-refractivity contribution in [1.29, 1.82) is 0 Å². The van der Waals surface area contributed by atoms with E-state index in [4.69, 9.17) is 0 Å². The maximum absolute atomic E-state index is 13.0. The van der Waals surface area contributed by atoms with Crippen LogP contribution in [0, 0.1) is 17.7 Å². The summed E-state index contributed by atoms with van der Waals surface area (Å²) in [6, 6.07) is 5.78. The summed E-state index contributed by atoms with van der Waals surface area (Å²) < 4.78 is 13.0. The van der Waals surface area contributed by atoms with Crippen LogP contribution in [0.5, 0.6) is 0 Å². The minimum Gasteiger partial charge on any atom is -0.387 e. The van der Waals surface area contributed by atoms with Crippen LogP contribution in [0.3, 0.4) is 0 Å². The van der Waals surface area contributed by atoms with Crippen molar-refractivity contribution in [2.45, 2.75) is 26.4 Å². The Morgan fingerprint density at radius 1 is 1.35 bits per heavy atom. The number of aliphatic hydroxyl groups is 1. The molecule has 1 aromatic carbocycles. The van der Waals surface area contributed by atoms with Crippen molar-refractivity contribution in [1.82, 2.24) is 10.2 Å². The second-order valence-corrected chi connectivity index (χ2v) is 6.39. The monoisotopic (exact) mass is 344 g/mol. The molecule has 6 heteroatoms. The van der Waals surface area contributed by atoms with Crippen LogP contribution in [0.4, 0.5) is 4.39 Å². The zero-order valence-corrected chi connectivity index (χ0v) is 14.5. The number of hydrogen-bond acceptors (Lipinski definition) is 3. The predicted octanol–water partition coefficient (Wildman–Crippen LogP) is 2.38. The van der Waals surface area contributed by atoms with Crippen LogP contribution >= 0.6 is 12.4 Å². The number of rotatable bonds is 6. The summed E-state index contributed by atoms with van der Waals surface area (Å²) >= 11 is 0. The van der Waals surface area contributed by atoms with E-state index in [1.807, 2.05) is 0 Å². The van der Waals surface area contributed by atoms with Crippen molar-refractivity contribution in [3.63, 3.8) is 0 Å². The molecule has 130 valence electrons. The Balaban J connectivity index is 0.00000264. The van der Waals surface area contributed by atoms with Gasteiger partial charge in [-0.1, -0.05) is 26.0 Å². The third-order valence-corrected chi connectivity index (χ3v) is 3.95. The van der Waals surface area contributed by atoms with Crippen molar-refractivity contribution in [2.24, 2.45) is 11.8 Å². The van der Waals surface area contributed by atoms with Crippen molar-refractivity contribution in [2.75, 3.05) is 26.2 Å². The molecule has 1 aromatic rings. The van der Waals surface area contributed by atoms with Gasteiger partial charge >= 0.3 is 0 Å². The summed E-state index contributed by atoms with van der Waals surface area (Å²) in [5, 5.41) is 13.6. The molecule has 0 aliphatic carbocycles. The minimum absolute atomic E-state index is 0. The van der Waals surface area contributed by atoms with Gasteiger partial charge in [0.05, 0.1) is 18.6 Å². The highest BCUT2D eigenvalue weighted by Crippen LogP contribution is 2.19. The molecular weight excluding hydrogens is 319 g/mol. The zero-order chi connectivity index (χ0) is 16.1. The molecule has 1 aliphatic heterocycles. The van der Waals surface area contributed by atoms with Crippen molar-refractivity contribution < 1.29 is 14.3 Å². The SMILES string of the molecule is CC(C)CN(CC(O)c1ccc(F)cc1)C(=O)C1CCNC1.Cl. The molecule has 2 unspecified atom stereocenters. The average molecular weight is 345 g/mol. The number of carbonyl (C=O) groups excluding carboxylic acids is 1. The molecule has 4 nitrogen and oxygen atoms in total. The number of halogens is 2. The predicted molar refractivity (Wildman–Crippen MR) is 91.0 cm³/mol. The first-order valence-electron chi connectivity index (χ1n) is 7.90. The van der Waals surface area contributed by atoms with Gasteiger partial charge in [-0.05, 0) is 36.6 Å². The van der Waals surface area contributed by atoms with Gasteiger partial charge in [-0.2, -0.15) is 0 Å². The topological polar surface area (TPSA) is 52.6 Å². The molecule has 1 amide bonds. The number of hydrogen-bond donors (Lipinski definition) is 2. The third kappa shape index (κ3) is 5.75. The summed E-state index contributed by atoms with van der Waals surface area (Å²) in [5.74, 6) is 0.0980. The fraction of sp³-hybridized carbons (Fsp3) is 0.588. The van der Waals surface area contributed by atoms with E-state index in [1.165, 1.54) is 12.1 Å². The number of aliphatic hydroxyl groups excluding tert-OH is 1. The molecule has 0 radical (unpaired) electrons. The first kappa shape index (κ1) is 19.9. The first-order chi connectivity index (χ1) is 10.5. The van der Waals surface area contributed by atoms with Gasteiger partial charge in [0.15, 0.2) is 0 Å². The highest BCUT2D eigenvalue weighted by molar-refractivity contribution is 5.85. The molecule has 23 heavy (non-hydrogen) atoms. The Bertz CT molecular complexity index is 490. The van der Waals surface area contributed by atoms with Crippen LogP contribution in [0.1, 0.15) is 31.9 Å². The molecule has 1 aliphatic rings. The molecule has 0 spiro atoms. The number of amides is 1. The van der Waals surface area contributed by atoms with Gasteiger partial charge in [0.1, 0.15) is 5.82 Å². The highest BCUT2D eigenvalue weighted by Gasteiger charge is 2.28. The number of benzene rings is 1. The van der Waals surface area contributed by atoms with E-state index in [-0.39, 0.29) is 36.6 Å². The Morgan fingerprint density at radius 2 is 2.00 bits per heavy atom. The van der Waals surface area contributed by atoms with Gasteiger partial charge in [-0.25, -0.2) is 4.39 Å². The van der Waals surface area contributed by atoms with Gasteiger partial charge in [0.25, 0.3) is 0 Å². The second kappa shape index (κ2) is 9.21. The summed E-state index contributed by atoms with van der Waals surface area (Å²) in [6.45, 7) is 6.55. The third-order valence-electron chi connectivity index (χ3n) is 3.95. The fourth-order valence-corrected chi connectivity index (χ4v) is 2.82. The van der Waals surface area contributed by atoms with Crippen molar-refractivity contribution in [3.8, 4) is 0 Å². The van der Waals surface area contributed by atoms with Crippen LogP contribution < -0.4 is 5.32 Å². The molecule has 0 bridgehead atoms. The Labute approximate surface area is 143 Å². The fourth-order valence-electron chi connectivity index (χ4n) is 2.82. The van der Waals surface area contributed by atoms with Crippen molar-refractivity contribution >= 4 is 18.3 Å². The van der Waals surface area contributed by atoms with Crippen LogP contribution in [-0.2, 0) is 4.79 Å². The molecule has 2 atom stereocenters.